The van der Waals surface area contributed by atoms with E-state index in [1.807, 2.05) is 25.7 Å². The molecule has 98 valence electrons. The molecule has 0 saturated carbocycles. The summed E-state index contributed by atoms with van der Waals surface area (Å²) >= 11 is 0. The van der Waals surface area contributed by atoms with Crippen LogP contribution >= 0.6 is 0 Å². The summed E-state index contributed by atoms with van der Waals surface area (Å²) < 4.78 is 0. The Bertz CT molecular complexity index is 293. The third-order valence-electron chi connectivity index (χ3n) is 3.43. The summed E-state index contributed by atoms with van der Waals surface area (Å²) in [6.07, 6.45) is 0.909. The highest BCUT2D eigenvalue weighted by molar-refractivity contribution is 5.81. The van der Waals surface area contributed by atoms with Crippen LogP contribution in [0.25, 0.3) is 0 Å². The van der Waals surface area contributed by atoms with Crippen molar-refractivity contribution in [3.63, 3.8) is 0 Å². The van der Waals surface area contributed by atoms with Gasteiger partial charge in [0.05, 0.1) is 12.0 Å². The summed E-state index contributed by atoms with van der Waals surface area (Å²) in [5, 5.41) is 11.9. The highest BCUT2D eigenvalue weighted by Gasteiger charge is 2.38. The number of carboxylic acid groups (broad SMARTS) is 1. The van der Waals surface area contributed by atoms with Crippen molar-refractivity contribution < 1.29 is 14.7 Å². The molecule has 1 aliphatic heterocycles. The van der Waals surface area contributed by atoms with Crippen LogP contribution in [0.3, 0.4) is 0 Å². The highest BCUT2D eigenvalue weighted by Crippen LogP contribution is 2.24. The van der Waals surface area contributed by atoms with Crippen molar-refractivity contribution in [1.82, 2.24) is 10.2 Å². The number of carbonyl (C=O) groups is 2. The molecule has 0 aromatic heterocycles. The first-order valence-electron chi connectivity index (χ1n) is 6.22. The predicted molar refractivity (Wildman–Crippen MR) is 64.6 cm³/mol. The normalized spacial score (nSPS) is 26.8. The van der Waals surface area contributed by atoms with Gasteiger partial charge in [0.1, 0.15) is 0 Å². The second kappa shape index (κ2) is 6.00. The lowest BCUT2D eigenvalue weighted by Crippen LogP contribution is -2.44. The van der Waals surface area contributed by atoms with Crippen LogP contribution in [0.5, 0.6) is 0 Å². The van der Waals surface area contributed by atoms with Gasteiger partial charge >= 0.3 is 5.97 Å². The summed E-state index contributed by atoms with van der Waals surface area (Å²) in [7, 11) is 0. The SMILES string of the molecule is CCCNC(=O)C(C)N1CC(C)C(C(=O)O)C1. The van der Waals surface area contributed by atoms with E-state index in [4.69, 9.17) is 5.11 Å². The van der Waals surface area contributed by atoms with Crippen molar-refractivity contribution in [1.29, 1.82) is 0 Å². The smallest absolute Gasteiger partial charge is 0.308 e. The maximum absolute atomic E-state index is 11.8. The first-order chi connectivity index (χ1) is 7.97. The molecule has 0 bridgehead atoms. The third-order valence-corrected chi connectivity index (χ3v) is 3.43. The fraction of sp³-hybridized carbons (Fsp3) is 0.833. The summed E-state index contributed by atoms with van der Waals surface area (Å²) in [6, 6.07) is -0.242. The number of rotatable bonds is 5. The van der Waals surface area contributed by atoms with E-state index in [1.54, 1.807) is 0 Å². The molecule has 0 aromatic carbocycles. The molecule has 3 unspecified atom stereocenters. The molecule has 0 aliphatic carbocycles. The van der Waals surface area contributed by atoms with E-state index in [2.05, 4.69) is 5.32 Å². The number of nitrogens with zero attached hydrogens (tertiary/aromatic N) is 1. The standard InChI is InChI=1S/C12H22N2O3/c1-4-5-13-11(15)9(3)14-6-8(2)10(7-14)12(16)17/h8-10H,4-7H2,1-3H3,(H,13,15)(H,16,17). The van der Waals surface area contributed by atoms with E-state index in [0.29, 0.717) is 19.6 Å². The van der Waals surface area contributed by atoms with Gasteiger partial charge in [0, 0.05) is 19.6 Å². The minimum Gasteiger partial charge on any atom is -0.481 e. The van der Waals surface area contributed by atoms with Crippen LogP contribution in [0.1, 0.15) is 27.2 Å². The third kappa shape index (κ3) is 3.43. The maximum Gasteiger partial charge on any atom is 0.308 e. The fourth-order valence-electron chi connectivity index (χ4n) is 2.20. The molecule has 0 radical (unpaired) electrons. The van der Waals surface area contributed by atoms with Gasteiger partial charge in [0.15, 0.2) is 0 Å². The van der Waals surface area contributed by atoms with Gasteiger partial charge < -0.3 is 10.4 Å². The Balaban J connectivity index is 2.52. The number of carbonyl (C=O) groups excluding carboxylic acids is 1. The average molecular weight is 242 g/mol. The molecule has 1 fully saturated rings. The minimum absolute atomic E-state index is 0.00918. The van der Waals surface area contributed by atoms with E-state index in [1.165, 1.54) is 0 Å². The second-order valence-electron chi connectivity index (χ2n) is 4.84. The van der Waals surface area contributed by atoms with Crippen LogP contribution in [0.4, 0.5) is 0 Å². The molecular weight excluding hydrogens is 220 g/mol. The molecule has 3 atom stereocenters. The average Bonchev–Trinajstić information content (AvgIpc) is 2.67. The Hall–Kier alpha value is -1.10. The number of hydrogen-bond acceptors (Lipinski definition) is 3. The molecule has 0 spiro atoms. The molecule has 1 rings (SSSR count). The van der Waals surface area contributed by atoms with Crippen molar-refractivity contribution in [2.75, 3.05) is 19.6 Å². The van der Waals surface area contributed by atoms with Crippen molar-refractivity contribution in [2.45, 2.75) is 33.2 Å². The van der Waals surface area contributed by atoms with E-state index >= 15 is 0 Å². The molecular formula is C12H22N2O3. The van der Waals surface area contributed by atoms with Gasteiger partial charge in [-0.2, -0.15) is 0 Å². The number of hydrogen-bond donors (Lipinski definition) is 2. The zero-order chi connectivity index (χ0) is 13.0. The molecule has 1 heterocycles. The maximum atomic E-state index is 11.8. The zero-order valence-corrected chi connectivity index (χ0v) is 10.8. The van der Waals surface area contributed by atoms with Crippen molar-refractivity contribution >= 4 is 11.9 Å². The number of carboxylic acids is 1. The van der Waals surface area contributed by atoms with Crippen LogP contribution in [0.2, 0.25) is 0 Å². The predicted octanol–water partition coefficient (Wildman–Crippen LogP) is 0.554. The Labute approximate surface area is 102 Å². The van der Waals surface area contributed by atoms with Gasteiger partial charge in [-0.3, -0.25) is 14.5 Å². The summed E-state index contributed by atoms with van der Waals surface area (Å²) in [4.78, 5) is 24.7. The number of likely N-dealkylation sites (tertiary alicyclic amines) is 1. The van der Waals surface area contributed by atoms with E-state index in [-0.39, 0.29) is 23.8 Å². The van der Waals surface area contributed by atoms with Crippen LogP contribution in [-0.2, 0) is 9.59 Å². The van der Waals surface area contributed by atoms with Gasteiger partial charge in [-0.1, -0.05) is 13.8 Å². The van der Waals surface area contributed by atoms with E-state index in [9.17, 15) is 9.59 Å². The molecule has 17 heavy (non-hydrogen) atoms. The lowest BCUT2D eigenvalue weighted by Gasteiger charge is -2.23. The Kier molecular flexibility index (Phi) is 4.93. The first kappa shape index (κ1) is 14.0. The Morgan fingerprint density at radius 2 is 2.12 bits per heavy atom. The van der Waals surface area contributed by atoms with Gasteiger partial charge in [-0.05, 0) is 19.3 Å². The molecule has 5 heteroatoms. The van der Waals surface area contributed by atoms with Gasteiger partial charge in [-0.25, -0.2) is 0 Å². The first-order valence-corrected chi connectivity index (χ1v) is 6.22. The van der Waals surface area contributed by atoms with E-state index in [0.717, 1.165) is 6.42 Å². The fourth-order valence-corrected chi connectivity index (χ4v) is 2.20. The minimum atomic E-state index is -0.763. The Morgan fingerprint density at radius 1 is 1.47 bits per heavy atom. The van der Waals surface area contributed by atoms with Gasteiger partial charge in [-0.15, -0.1) is 0 Å². The van der Waals surface area contributed by atoms with Crippen LogP contribution in [0.15, 0.2) is 0 Å². The number of aliphatic carboxylic acids is 1. The summed E-state index contributed by atoms with van der Waals surface area (Å²) in [6.45, 7) is 7.59. The van der Waals surface area contributed by atoms with Crippen molar-refractivity contribution in [3.8, 4) is 0 Å². The monoisotopic (exact) mass is 242 g/mol. The van der Waals surface area contributed by atoms with Crippen LogP contribution in [-0.4, -0.2) is 47.6 Å². The van der Waals surface area contributed by atoms with Gasteiger partial charge in [0.2, 0.25) is 5.91 Å². The molecule has 2 N–H and O–H groups in total. The molecule has 1 saturated heterocycles. The summed E-state index contributed by atoms with van der Waals surface area (Å²) in [5.74, 6) is -1.02. The van der Waals surface area contributed by atoms with Crippen LogP contribution < -0.4 is 5.32 Å². The van der Waals surface area contributed by atoms with Crippen molar-refractivity contribution in [2.24, 2.45) is 11.8 Å². The van der Waals surface area contributed by atoms with Crippen molar-refractivity contribution in [3.05, 3.63) is 0 Å². The topological polar surface area (TPSA) is 69.6 Å². The molecule has 5 nitrogen and oxygen atoms in total. The van der Waals surface area contributed by atoms with Gasteiger partial charge in [0.25, 0.3) is 0 Å². The molecule has 1 amide bonds. The van der Waals surface area contributed by atoms with E-state index < -0.39 is 5.97 Å². The second-order valence-corrected chi connectivity index (χ2v) is 4.84. The largest absolute Gasteiger partial charge is 0.481 e. The molecule has 1 aliphatic rings. The summed E-state index contributed by atoms with van der Waals surface area (Å²) in [5.41, 5.74) is 0. The lowest BCUT2D eigenvalue weighted by atomic mass is 9.99. The zero-order valence-electron chi connectivity index (χ0n) is 10.8. The highest BCUT2D eigenvalue weighted by atomic mass is 16.4. The Morgan fingerprint density at radius 3 is 2.59 bits per heavy atom. The van der Waals surface area contributed by atoms with Crippen LogP contribution in [0, 0.1) is 11.8 Å². The number of amides is 1. The lowest BCUT2D eigenvalue weighted by molar-refractivity contribution is -0.142. The quantitative estimate of drug-likeness (QED) is 0.739. The number of nitrogens with one attached hydrogen (secondary N) is 1. The molecule has 0 aromatic rings.